The number of hydrogen-bond acceptors (Lipinski definition) is 2. The van der Waals surface area contributed by atoms with E-state index in [-0.39, 0.29) is 16.4 Å². The lowest BCUT2D eigenvalue weighted by atomic mass is 9.93. The van der Waals surface area contributed by atoms with Crippen molar-refractivity contribution in [2.24, 2.45) is 0 Å². The van der Waals surface area contributed by atoms with E-state index in [2.05, 4.69) is 31.0 Å². The molecule has 106 valence electrons. The molecule has 0 aliphatic carbocycles. The van der Waals surface area contributed by atoms with Crippen LogP contribution in [0.15, 0.2) is 18.2 Å². The van der Waals surface area contributed by atoms with Crippen LogP contribution in [0, 0.1) is 5.82 Å². The quantitative estimate of drug-likeness (QED) is 0.915. The van der Waals surface area contributed by atoms with E-state index in [1.54, 1.807) is 6.07 Å². The Bertz CT molecular complexity index is 452. The van der Waals surface area contributed by atoms with Gasteiger partial charge in [-0.1, -0.05) is 24.6 Å². The Kier molecular flexibility index (Phi) is 4.49. The second kappa shape index (κ2) is 5.78. The number of nitrogens with zero attached hydrogens (tertiary/aromatic N) is 1. The molecule has 0 saturated carbocycles. The fourth-order valence-electron chi connectivity index (χ4n) is 2.50. The van der Waals surface area contributed by atoms with Gasteiger partial charge in [0.1, 0.15) is 5.82 Å². The van der Waals surface area contributed by atoms with Crippen molar-refractivity contribution >= 4 is 11.6 Å². The van der Waals surface area contributed by atoms with Gasteiger partial charge in [-0.05, 0) is 38.0 Å². The predicted molar refractivity (Wildman–Crippen MR) is 78.0 cm³/mol. The Morgan fingerprint density at radius 2 is 2.26 bits per heavy atom. The molecule has 19 heavy (non-hydrogen) atoms. The van der Waals surface area contributed by atoms with Crippen LogP contribution in [0.4, 0.5) is 4.39 Å². The Morgan fingerprint density at radius 1 is 1.53 bits per heavy atom. The van der Waals surface area contributed by atoms with Crippen LogP contribution in [0.1, 0.15) is 32.8 Å². The van der Waals surface area contributed by atoms with Crippen LogP contribution in [0.5, 0.6) is 0 Å². The topological polar surface area (TPSA) is 15.3 Å². The third kappa shape index (κ3) is 3.47. The molecule has 1 aliphatic heterocycles. The van der Waals surface area contributed by atoms with E-state index in [9.17, 15) is 4.39 Å². The molecule has 2 atom stereocenters. The lowest BCUT2D eigenvalue weighted by Crippen LogP contribution is -2.61. The molecule has 0 amide bonds. The summed E-state index contributed by atoms with van der Waals surface area (Å²) in [5, 5.41) is 3.81. The van der Waals surface area contributed by atoms with E-state index >= 15 is 0 Å². The van der Waals surface area contributed by atoms with Crippen LogP contribution in [-0.2, 0) is 6.54 Å². The first-order valence-electron chi connectivity index (χ1n) is 6.86. The van der Waals surface area contributed by atoms with Gasteiger partial charge in [-0.15, -0.1) is 0 Å². The molecule has 4 heteroatoms. The van der Waals surface area contributed by atoms with Gasteiger partial charge in [0.05, 0.1) is 5.02 Å². The standard InChI is InChI=1S/C15H22ClFN2/c1-4-15(3)10-19(11(2)8-18-15)9-12-5-6-14(17)13(16)7-12/h5-7,11,18H,4,8-10H2,1-3H3. The van der Waals surface area contributed by atoms with E-state index in [1.165, 1.54) is 6.07 Å². The molecule has 2 unspecified atom stereocenters. The number of rotatable bonds is 3. The number of benzene rings is 1. The molecule has 1 heterocycles. The summed E-state index contributed by atoms with van der Waals surface area (Å²) in [4.78, 5) is 2.43. The van der Waals surface area contributed by atoms with Gasteiger partial charge < -0.3 is 5.32 Å². The number of hydrogen-bond donors (Lipinski definition) is 1. The summed E-state index contributed by atoms with van der Waals surface area (Å²) < 4.78 is 13.2. The Labute approximate surface area is 119 Å². The van der Waals surface area contributed by atoms with Crippen molar-refractivity contribution < 1.29 is 4.39 Å². The smallest absolute Gasteiger partial charge is 0.141 e. The molecule has 1 aromatic carbocycles. The molecular formula is C15H22ClFN2. The summed E-state index contributed by atoms with van der Waals surface area (Å²) in [5.41, 5.74) is 1.23. The molecule has 0 spiro atoms. The van der Waals surface area contributed by atoms with Crippen LogP contribution in [0.2, 0.25) is 5.02 Å². The van der Waals surface area contributed by atoms with Crippen molar-refractivity contribution in [1.82, 2.24) is 10.2 Å². The largest absolute Gasteiger partial charge is 0.309 e. The molecule has 2 nitrogen and oxygen atoms in total. The van der Waals surface area contributed by atoms with Crippen molar-refractivity contribution in [3.63, 3.8) is 0 Å². The fraction of sp³-hybridized carbons (Fsp3) is 0.600. The number of piperazine rings is 1. The first-order valence-corrected chi connectivity index (χ1v) is 7.24. The molecular weight excluding hydrogens is 263 g/mol. The molecule has 0 bridgehead atoms. The molecule has 1 saturated heterocycles. The van der Waals surface area contributed by atoms with E-state index in [0.717, 1.165) is 31.6 Å². The molecule has 1 fully saturated rings. The van der Waals surface area contributed by atoms with E-state index < -0.39 is 0 Å². The minimum atomic E-state index is -0.350. The zero-order valence-electron chi connectivity index (χ0n) is 11.8. The maximum atomic E-state index is 13.2. The van der Waals surface area contributed by atoms with Crippen LogP contribution in [0.25, 0.3) is 0 Å². The SMILES string of the molecule is CCC1(C)CN(Cc2ccc(F)c(Cl)c2)C(C)CN1. The van der Waals surface area contributed by atoms with Crippen molar-refractivity contribution in [1.29, 1.82) is 0 Å². The highest BCUT2D eigenvalue weighted by Gasteiger charge is 2.32. The number of halogens is 2. The van der Waals surface area contributed by atoms with Gasteiger partial charge in [-0.3, -0.25) is 4.90 Å². The fourth-order valence-corrected chi connectivity index (χ4v) is 2.71. The van der Waals surface area contributed by atoms with Crippen LogP contribution in [-0.4, -0.2) is 29.6 Å². The van der Waals surface area contributed by atoms with Gasteiger partial charge in [-0.2, -0.15) is 0 Å². The Morgan fingerprint density at radius 3 is 2.89 bits per heavy atom. The van der Waals surface area contributed by atoms with Crippen molar-refractivity contribution in [3.8, 4) is 0 Å². The molecule has 2 rings (SSSR count). The lowest BCUT2D eigenvalue weighted by Gasteiger charge is -2.45. The van der Waals surface area contributed by atoms with Gasteiger partial charge in [0.25, 0.3) is 0 Å². The van der Waals surface area contributed by atoms with Crippen molar-refractivity contribution in [3.05, 3.63) is 34.6 Å². The van der Waals surface area contributed by atoms with Crippen molar-refractivity contribution in [2.45, 2.75) is 45.3 Å². The second-order valence-corrected chi connectivity index (χ2v) is 6.20. The highest BCUT2D eigenvalue weighted by Crippen LogP contribution is 2.22. The van der Waals surface area contributed by atoms with E-state index in [0.29, 0.717) is 6.04 Å². The van der Waals surface area contributed by atoms with Gasteiger partial charge in [0.2, 0.25) is 0 Å². The van der Waals surface area contributed by atoms with E-state index in [1.807, 2.05) is 6.07 Å². The minimum absolute atomic E-state index is 0.163. The molecule has 0 aromatic heterocycles. The number of nitrogens with one attached hydrogen (secondary N) is 1. The zero-order valence-corrected chi connectivity index (χ0v) is 12.6. The van der Waals surface area contributed by atoms with Crippen LogP contribution in [0.3, 0.4) is 0 Å². The average Bonchev–Trinajstić information content (AvgIpc) is 2.39. The first-order chi connectivity index (χ1) is 8.93. The van der Waals surface area contributed by atoms with Gasteiger partial charge in [0, 0.05) is 31.2 Å². The highest BCUT2D eigenvalue weighted by atomic mass is 35.5. The normalized spacial score (nSPS) is 28.6. The summed E-state index contributed by atoms with van der Waals surface area (Å²) in [5.74, 6) is -0.350. The summed E-state index contributed by atoms with van der Waals surface area (Å²) in [6, 6.07) is 5.47. The third-order valence-corrected chi connectivity index (χ3v) is 4.44. The van der Waals surface area contributed by atoms with Gasteiger partial charge in [-0.25, -0.2) is 4.39 Å². The van der Waals surface area contributed by atoms with Gasteiger partial charge in [0.15, 0.2) is 0 Å². The average molecular weight is 285 g/mol. The molecule has 0 radical (unpaired) electrons. The third-order valence-electron chi connectivity index (χ3n) is 4.15. The molecule has 1 N–H and O–H groups in total. The maximum Gasteiger partial charge on any atom is 0.141 e. The monoisotopic (exact) mass is 284 g/mol. The second-order valence-electron chi connectivity index (χ2n) is 5.80. The van der Waals surface area contributed by atoms with Gasteiger partial charge >= 0.3 is 0 Å². The maximum absolute atomic E-state index is 13.2. The predicted octanol–water partition coefficient (Wildman–Crippen LogP) is 3.44. The Hall–Kier alpha value is -0.640. The minimum Gasteiger partial charge on any atom is -0.309 e. The van der Waals surface area contributed by atoms with Crippen LogP contribution < -0.4 is 5.32 Å². The summed E-state index contributed by atoms with van der Waals surface area (Å²) in [6.07, 6.45) is 1.10. The first kappa shape index (κ1) is 14.8. The summed E-state index contributed by atoms with van der Waals surface area (Å²) in [6.45, 7) is 9.48. The lowest BCUT2D eigenvalue weighted by molar-refractivity contribution is 0.0866. The Balaban J connectivity index is 2.10. The molecule has 1 aromatic rings. The van der Waals surface area contributed by atoms with Crippen LogP contribution >= 0.6 is 11.6 Å². The summed E-state index contributed by atoms with van der Waals surface area (Å²) in [7, 11) is 0. The van der Waals surface area contributed by atoms with Crippen molar-refractivity contribution in [2.75, 3.05) is 13.1 Å². The molecule has 1 aliphatic rings. The zero-order chi connectivity index (χ0) is 14.0. The summed E-state index contributed by atoms with van der Waals surface area (Å²) >= 11 is 5.85. The highest BCUT2D eigenvalue weighted by molar-refractivity contribution is 6.30. The van der Waals surface area contributed by atoms with E-state index in [4.69, 9.17) is 11.6 Å².